The lowest BCUT2D eigenvalue weighted by molar-refractivity contribution is 0.0777. The van der Waals surface area contributed by atoms with E-state index in [0.717, 1.165) is 28.0 Å². The van der Waals surface area contributed by atoms with Crippen LogP contribution < -0.4 is 4.74 Å². The van der Waals surface area contributed by atoms with Gasteiger partial charge in [0.2, 0.25) is 0 Å². The Balaban J connectivity index is 1.73. The molecule has 7 nitrogen and oxygen atoms in total. The Kier molecular flexibility index (Phi) is 5.41. The van der Waals surface area contributed by atoms with Crippen molar-refractivity contribution in [3.05, 3.63) is 52.4 Å². The van der Waals surface area contributed by atoms with E-state index in [4.69, 9.17) is 4.74 Å². The number of aromatic amines is 1. The summed E-state index contributed by atoms with van der Waals surface area (Å²) >= 11 is 3.49. The minimum Gasteiger partial charge on any atom is -0.497 e. The van der Waals surface area contributed by atoms with Crippen molar-refractivity contribution >= 4 is 21.8 Å². The number of nitrogens with one attached hydrogen (secondary N) is 1. The molecule has 2 heterocycles. The third-order valence-corrected chi connectivity index (χ3v) is 4.70. The molecule has 0 spiro atoms. The van der Waals surface area contributed by atoms with Gasteiger partial charge in [0.1, 0.15) is 11.4 Å². The quantitative estimate of drug-likeness (QED) is 0.666. The fourth-order valence-electron chi connectivity index (χ4n) is 2.55. The van der Waals surface area contributed by atoms with E-state index < -0.39 is 0 Å². The van der Waals surface area contributed by atoms with Crippen LogP contribution in [0.15, 0.2) is 41.0 Å². The molecule has 0 radical (unpaired) electrons. The van der Waals surface area contributed by atoms with Crippen LogP contribution in [0.25, 0.3) is 11.3 Å². The molecule has 1 N–H and O–H groups in total. The third kappa shape index (κ3) is 3.80. The Morgan fingerprint density at radius 2 is 2.08 bits per heavy atom. The second-order valence-corrected chi connectivity index (χ2v) is 6.69. The summed E-state index contributed by atoms with van der Waals surface area (Å²) in [7, 11) is 3.37. The molecule has 0 saturated heterocycles. The van der Waals surface area contributed by atoms with Gasteiger partial charge in [-0.2, -0.15) is 10.2 Å². The van der Waals surface area contributed by atoms with Gasteiger partial charge in [-0.1, -0.05) is 0 Å². The first-order valence-corrected chi connectivity index (χ1v) is 8.98. The van der Waals surface area contributed by atoms with Crippen LogP contribution in [0.4, 0.5) is 0 Å². The summed E-state index contributed by atoms with van der Waals surface area (Å²) in [6, 6.07) is 9.28. The van der Waals surface area contributed by atoms with Gasteiger partial charge >= 0.3 is 0 Å². The standard InChI is InChI=1S/C18H20BrN5O2/c1-4-24-10-14(19)17(22-24)11-23(2)18(25)16-9-15(20-21-16)12-5-7-13(26-3)8-6-12/h5-10H,4,11H2,1-3H3,(H,20,21). The Hall–Kier alpha value is -2.61. The minimum absolute atomic E-state index is 0.143. The SMILES string of the molecule is CCn1cc(Br)c(CN(C)C(=O)c2cc(-c3ccc(OC)cc3)n[nH]2)n1. The Morgan fingerprint density at radius 3 is 2.69 bits per heavy atom. The zero-order valence-corrected chi connectivity index (χ0v) is 16.4. The van der Waals surface area contributed by atoms with Crippen molar-refractivity contribution in [2.45, 2.75) is 20.0 Å². The van der Waals surface area contributed by atoms with Crippen LogP contribution in [-0.2, 0) is 13.1 Å². The number of H-pyrrole nitrogens is 1. The number of nitrogens with zero attached hydrogens (tertiary/aromatic N) is 4. The molecule has 1 aromatic carbocycles. The largest absolute Gasteiger partial charge is 0.497 e. The molecule has 0 fully saturated rings. The first-order valence-electron chi connectivity index (χ1n) is 8.19. The molecule has 2 aromatic heterocycles. The number of aryl methyl sites for hydroxylation is 1. The highest BCUT2D eigenvalue weighted by molar-refractivity contribution is 9.10. The maximum absolute atomic E-state index is 12.7. The number of rotatable bonds is 6. The van der Waals surface area contributed by atoms with Crippen LogP contribution in [0.1, 0.15) is 23.1 Å². The van der Waals surface area contributed by atoms with Crippen molar-refractivity contribution in [2.75, 3.05) is 14.2 Å². The lowest BCUT2D eigenvalue weighted by Crippen LogP contribution is -2.27. The van der Waals surface area contributed by atoms with Gasteiger partial charge < -0.3 is 9.64 Å². The zero-order chi connectivity index (χ0) is 18.7. The van der Waals surface area contributed by atoms with E-state index in [2.05, 4.69) is 31.2 Å². The highest BCUT2D eigenvalue weighted by atomic mass is 79.9. The molecule has 1 amide bonds. The van der Waals surface area contributed by atoms with E-state index in [9.17, 15) is 4.79 Å². The molecule has 0 aliphatic rings. The summed E-state index contributed by atoms with van der Waals surface area (Å²) in [4.78, 5) is 14.3. The zero-order valence-electron chi connectivity index (χ0n) is 14.9. The van der Waals surface area contributed by atoms with Crippen LogP contribution in [0.2, 0.25) is 0 Å². The highest BCUT2D eigenvalue weighted by Crippen LogP contribution is 2.22. The van der Waals surface area contributed by atoms with Crippen molar-refractivity contribution < 1.29 is 9.53 Å². The Bertz CT molecular complexity index is 901. The van der Waals surface area contributed by atoms with Gasteiger partial charge in [-0.15, -0.1) is 0 Å². The van der Waals surface area contributed by atoms with Gasteiger partial charge in [0.05, 0.1) is 29.5 Å². The number of carbonyl (C=O) groups excluding carboxylic acids is 1. The lowest BCUT2D eigenvalue weighted by atomic mass is 10.1. The topological polar surface area (TPSA) is 76.0 Å². The maximum atomic E-state index is 12.7. The van der Waals surface area contributed by atoms with Crippen LogP contribution >= 0.6 is 15.9 Å². The number of aromatic nitrogens is 4. The second-order valence-electron chi connectivity index (χ2n) is 5.84. The summed E-state index contributed by atoms with van der Waals surface area (Å²) in [5, 5.41) is 11.5. The smallest absolute Gasteiger partial charge is 0.271 e. The van der Waals surface area contributed by atoms with E-state index in [1.54, 1.807) is 25.1 Å². The molecule has 0 bridgehead atoms. The molecule has 0 aliphatic heterocycles. The van der Waals surface area contributed by atoms with E-state index in [0.29, 0.717) is 17.9 Å². The number of hydrogen-bond donors (Lipinski definition) is 1. The van der Waals surface area contributed by atoms with Crippen LogP contribution in [0.5, 0.6) is 5.75 Å². The van der Waals surface area contributed by atoms with Crippen LogP contribution in [0, 0.1) is 0 Å². The van der Waals surface area contributed by atoms with Crippen LogP contribution in [0.3, 0.4) is 0 Å². The van der Waals surface area contributed by atoms with Gasteiger partial charge in [0.25, 0.3) is 5.91 Å². The number of benzene rings is 1. The van der Waals surface area contributed by atoms with E-state index in [1.807, 2.05) is 42.1 Å². The summed E-state index contributed by atoms with van der Waals surface area (Å²) in [5.41, 5.74) is 2.87. The molecular weight excluding hydrogens is 398 g/mol. The molecule has 3 rings (SSSR count). The van der Waals surface area contributed by atoms with Crippen molar-refractivity contribution in [1.29, 1.82) is 0 Å². The molecule has 0 atom stereocenters. The molecule has 3 aromatic rings. The van der Waals surface area contributed by atoms with Crippen molar-refractivity contribution in [3.8, 4) is 17.0 Å². The highest BCUT2D eigenvalue weighted by Gasteiger charge is 2.18. The Labute approximate surface area is 160 Å². The number of amides is 1. The predicted octanol–water partition coefficient (Wildman–Crippen LogP) is 3.34. The number of ether oxygens (including phenoxy) is 1. The molecular formula is C18H20BrN5O2. The van der Waals surface area contributed by atoms with Gasteiger partial charge in [0, 0.05) is 25.4 Å². The van der Waals surface area contributed by atoms with Gasteiger partial charge in [-0.3, -0.25) is 14.6 Å². The molecule has 0 saturated carbocycles. The molecule has 8 heteroatoms. The normalized spacial score (nSPS) is 10.8. The maximum Gasteiger partial charge on any atom is 0.271 e. The molecule has 0 unspecified atom stereocenters. The lowest BCUT2D eigenvalue weighted by Gasteiger charge is -2.14. The average molecular weight is 418 g/mol. The number of halogens is 1. The second kappa shape index (κ2) is 7.74. The van der Waals surface area contributed by atoms with E-state index in [-0.39, 0.29) is 5.91 Å². The third-order valence-electron chi connectivity index (χ3n) is 4.04. The van der Waals surface area contributed by atoms with Gasteiger partial charge in [-0.25, -0.2) is 0 Å². The first kappa shape index (κ1) is 18.2. The number of carbonyl (C=O) groups is 1. The van der Waals surface area contributed by atoms with Crippen molar-refractivity contribution in [3.63, 3.8) is 0 Å². The van der Waals surface area contributed by atoms with Gasteiger partial charge in [-0.05, 0) is 53.2 Å². The van der Waals surface area contributed by atoms with Crippen molar-refractivity contribution in [2.24, 2.45) is 0 Å². The van der Waals surface area contributed by atoms with Crippen molar-refractivity contribution in [1.82, 2.24) is 24.9 Å². The monoisotopic (exact) mass is 417 g/mol. The van der Waals surface area contributed by atoms with Crippen LogP contribution in [-0.4, -0.2) is 44.9 Å². The summed E-state index contributed by atoms with van der Waals surface area (Å²) < 4.78 is 7.88. The van der Waals surface area contributed by atoms with E-state index >= 15 is 0 Å². The Morgan fingerprint density at radius 1 is 1.35 bits per heavy atom. The average Bonchev–Trinajstić information content (AvgIpc) is 3.28. The number of hydrogen-bond acceptors (Lipinski definition) is 4. The molecule has 136 valence electrons. The van der Waals surface area contributed by atoms with Gasteiger partial charge in [0.15, 0.2) is 0 Å². The summed E-state index contributed by atoms with van der Waals surface area (Å²) in [6.07, 6.45) is 1.91. The fourth-order valence-corrected chi connectivity index (χ4v) is 2.99. The fraction of sp³-hybridized carbons (Fsp3) is 0.278. The minimum atomic E-state index is -0.143. The predicted molar refractivity (Wildman–Crippen MR) is 102 cm³/mol. The summed E-state index contributed by atoms with van der Waals surface area (Å²) in [6.45, 7) is 3.20. The number of methoxy groups -OCH3 is 1. The first-order chi connectivity index (χ1) is 12.5. The molecule has 26 heavy (non-hydrogen) atoms. The summed E-state index contributed by atoms with van der Waals surface area (Å²) in [5.74, 6) is 0.632. The molecule has 0 aliphatic carbocycles. The van der Waals surface area contributed by atoms with E-state index in [1.165, 1.54) is 0 Å².